The minimum atomic E-state index is -4.61. The molecule has 0 heterocycles. The number of halogens is 4. The van der Waals surface area contributed by atoms with Gasteiger partial charge in [-0.3, -0.25) is 4.79 Å². The van der Waals surface area contributed by atoms with Crippen LogP contribution in [-0.2, 0) is 11.0 Å². The molecule has 0 bridgehead atoms. The van der Waals surface area contributed by atoms with Gasteiger partial charge in [-0.2, -0.15) is 13.2 Å². The molecule has 1 aromatic rings. The van der Waals surface area contributed by atoms with E-state index in [0.29, 0.717) is 0 Å². The van der Waals surface area contributed by atoms with E-state index in [4.69, 9.17) is 11.6 Å². The predicted molar refractivity (Wildman–Crippen MR) is 74.6 cm³/mol. The number of carbonyl (C=O) groups is 2. The average molecular weight is 336 g/mol. The highest BCUT2D eigenvalue weighted by Crippen LogP contribution is 2.36. The zero-order valence-electron chi connectivity index (χ0n) is 11.3. The fraction of sp³-hybridized carbons (Fsp3) is 0.385. The van der Waals surface area contributed by atoms with E-state index in [9.17, 15) is 22.8 Å². The second-order valence-corrected chi connectivity index (χ2v) is 5.25. The molecule has 1 fully saturated rings. The fourth-order valence-electron chi connectivity index (χ4n) is 1.65. The van der Waals surface area contributed by atoms with Crippen molar-refractivity contribution in [3.8, 4) is 0 Å². The van der Waals surface area contributed by atoms with Crippen LogP contribution in [0.3, 0.4) is 0 Å². The lowest BCUT2D eigenvalue weighted by molar-refractivity contribution is -0.137. The van der Waals surface area contributed by atoms with Crippen LogP contribution in [0.2, 0.25) is 5.02 Å². The molecule has 0 spiro atoms. The molecule has 120 valence electrons. The Labute approximate surface area is 129 Å². The number of alkyl halides is 3. The van der Waals surface area contributed by atoms with E-state index in [1.54, 1.807) is 0 Å². The van der Waals surface area contributed by atoms with Crippen LogP contribution in [0.4, 0.5) is 23.7 Å². The summed E-state index contributed by atoms with van der Waals surface area (Å²) in [6, 6.07) is 2.70. The molecule has 1 aliphatic carbocycles. The fourth-order valence-corrected chi connectivity index (χ4v) is 1.87. The highest BCUT2D eigenvalue weighted by Gasteiger charge is 2.33. The molecule has 1 aromatic carbocycles. The first-order valence-corrected chi connectivity index (χ1v) is 6.84. The van der Waals surface area contributed by atoms with Gasteiger partial charge in [-0.15, -0.1) is 0 Å². The summed E-state index contributed by atoms with van der Waals surface area (Å²) >= 11 is 5.48. The van der Waals surface area contributed by atoms with Crippen molar-refractivity contribution in [1.29, 1.82) is 0 Å². The van der Waals surface area contributed by atoms with Crippen LogP contribution < -0.4 is 16.0 Å². The van der Waals surface area contributed by atoms with E-state index in [1.165, 1.54) is 6.07 Å². The van der Waals surface area contributed by atoms with Crippen LogP contribution in [0, 0.1) is 0 Å². The first kappa shape index (κ1) is 16.4. The Bertz CT molecular complexity index is 588. The smallest absolute Gasteiger partial charge is 0.335 e. The number of carbonyl (C=O) groups excluding carboxylic acids is 2. The summed E-state index contributed by atoms with van der Waals surface area (Å²) in [5.41, 5.74) is -1.09. The molecule has 0 unspecified atom stereocenters. The maximum Gasteiger partial charge on any atom is 0.417 e. The van der Waals surface area contributed by atoms with Gasteiger partial charge in [0.2, 0.25) is 5.91 Å². The van der Waals surface area contributed by atoms with Crippen molar-refractivity contribution in [2.24, 2.45) is 0 Å². The number of nitrogens with one attached hydrogen (secondary N) is 3. The molecule has 2 rings (SSSR count). The Kier molecular flexibility index (Phi) is 4.80. The summed E-state index contributed by atoms with van der Waals surface area (Å²) in [4.78, 5) is 22.9. The van der Waals surface area contributed by atoms with E-state index >= 15 is 0 Å². The number of hydrogen-bond donors (Lipinski definition) is 3. The highest BCUT2D eigenvalue weighted by molar-refractivity contribution is 6.31. The van der Waals surface area contributed by atoms with Crippen LogP contribution in [0.1, 0.15) is 18.4 Å². The van der Waals surface area contributed by atoms with Crippen molar-refractivity contribution in [2.45, 2.75) is 25.1 Å². The number of hydrogen-bond acceptors (Lipinski definition) is 2. The van der Waals surface area contributed by atoms with Gasteiger partial charge in [0.15, 0.2) is 0 Å². The summed E-state index contributed by atoms with van der Waals surface area (Å²) in [6.45, 7) is -0.345. The lowest BCUT2D eigenvalue weighted by Crippen LogP contribution is -2.40. The van der Waals surface area contributed by atoms with Gasteiger partial charge in [0, 0.05) is 11.7 Å². The largest absolute Gasteiger partial charge is 0.417 e. The summed E-state index contributed by atoms with van der Waals surface area (Å²) in [5, 5.41) is 6.75. The minimum Gasteiger partial charge on any atom is -0.335 e. The van der Waals surface area contributed by atoms with Gasteiger partial charge in [-0.05, 0) is 31.0 Å². The van der Waals surface area contributed by atoms with Crippen molar-refractivity contribution >= 4 is 29.2 Å². The van der Waals surface area contributed by atoms with E-state index in [2.05, 4.69) is 16.0 Å². The zero-order chi connectivity index (χ0) is 16.3. The third-order valence-corrected chi connectivity index (χ3v) is 3.21. The molecule has 1 aliphatic rings. The molecule has 1 saturated carbocycles. The van der Waals surface area contributed by atoms with Crippen molar-refractivity contribution in [3.63, 3.8) is 0 Å². The first-order valence-electron chi connectivity index (χ1n) is 6.46. The first-order chi connectivity index (χ1) is 10.3. The molecule has 0 aliphatic heterocycles. The zero-order valence-corrected chi connectivity index (χ0v) is 12.0. The van der Waals surface area contributed by atoms with E-state index in [0.717, 1.165) is 25.0 Å². The topological polar surface area (TPSA) is 70.2 Å². The van der Waals surface area contributed by atoms with Gasteiger partial charge in [0.1, 0.15) is 0 Å². The summed E-state index contributed by atoms with van der Waals surface area (Å²) in [7, 11) is 0. The van der Waals surface area contributed by atoms with Gasteiger partial charge in [0.05, 0.1) is 17.1 Å². The van der Waals surface area contributed by atoms with Gasteiger partial charge in [-0.25, -0.2) is 4.79 Å². The number of urea groups is 1. The summed E-state index contributed by atoms with van der Waals surface area (Å²) in [6.07, 6.45) is -2.80. The standard InChI is InChI=1S/C13H13ClF3N3O2/c14-10-4-3-8(5-9(10)13(15,16)17)19-11(21)6-18-12(22)20-7-1-2-7/h3-5,7H,1-2,6H2,(H,19,21)(H2,18,20,22). The normalized spacial score (nSPS) is 14.4. The van der Waals surface area contributed by atoms with Gasteiger partial charge in [-0.1, -0.05) is 11.6 Å². The van der Waals surface area contributed by atoms with E-state index < -0.39 is 28.7 Å². The van der Waals surface area contributed by atoms with Crippen LogP contribution in [0.5, 0.6) is 0 Å². The van der Waals surface area contributed by atoms with E-state index in [1.807, 2.05) is 0 Å². The van der Waals surface area contributed by atoms with Crippen LogP contribution >= 0.6 is 11.6 Å². The number of amides is 3. The molecule has 3 amide bonds. The third kappa shape index (κ3) is 4.80. The Morgan fingerprint density at radius 2 is 1.95 bits per heavy atom. The lowest BCUT2D eigenvalue weighted by atomic mass is 10.2. The maximum atomic E-state index is 12.7. The Morgan fingerprint density at radius 1 is 1.27 bits per heavy atom. The molecule has 0 aromatic heterocycles. The van der Waals surface area contributed by atoms with Gasteiger partial charge in [0.25, 0.3) is 0 Å². The SMILES string of the molecule is O=C(CNC(=O)NC1CC1)Nc1ccc(Cl)c(C(F)(F)F)c1. The minimum absolute atomic E-state index is 0.0499. The van der Waals surface area contributed by atoms with Crippen molar-refractivity contribution in [2.75, 3.05) is 11.9 Å². The average Bonchev–Trinajstić information content (AvgIpc) is 3.21. The molecule has 0 saturated heterocycles. The Morgan fingerprint density at radius 3 is 2.55 bits per heavy atom. The second kappa shape index (κ2) is 6.43. The Balaban J connectivity index is 1.89. The Hall–Kier alpha value is -1.96. The molecule has 0 radical (unpaired) electrons. The van der Waals surface area contributed by atoms with Crippen LogP contribution in [0.25, 0.3) is 0 Å². The third-order valence-electron chi connectivity index (χ3n) is 2.88. The number of benzene rings is 1. The molecule has 0 atom stereocenters. The quantitative estimate of drug-likeness (QED) is 0.792. The maximum absolute atomic E-state index is 12.7. The van der Waals surface area contributed by atoms with Crippen LogP contribution in [-0.4, -0.2) is 24.5 Å². The second-order valence-electron chi connectivity index (χ2n) is 4.84. The van der Waals surface area contributed by atoms with Crippen molar-refractivity contribution in [3.05, 3.63) is 28.8 Å². The monoisotopic (exact) mass is 335 g/mol. The number of rotatable bonds is 4. The van der Waals surface area contributed by atoms with Gasteiger partial charge >= 0.3 is 12.2 Å². The van der Waals surface area contributed by atoms with Crippen LogP contribution in [0.15, 0.2) is 18.2 Å². The molecule has 9 heteroatoms. The van der Waals surface area contributed by atoms with E-state index in [-0.39, 0.29) is 18.3 Å². The lowest BCUT2D eigenvalue weighted by Gasteiger charge is -2.12. The molecule has 5 nitrogen and oxygen atoms in total. The van der Waals surface area contributed by atoms with Crippen molar-refractivity contribution in [1.82, 2.24) is 10.6 Å². The van der Waals surface area contributed by atoms with Crippen molar-refractivity contribution < 1.29 is 22.8 Å². The molecular weight excluding hydrogens is 323 g/mol. The summed E-state index contributed by atoms with van der Waals surface area (Å²) < 4.78 is 38.1. The molecule has 3 N–H and O–H groups in total. The number of anilines is 1. The molecule has 22 heavy (non-hydrogen) atoms. The molecular formula is C13H13ClF3N3O2. The predicted octanol–water partition coefficient (Wildman–Crippen LogP) is 2.76. The highest BCUT2D eigenvalue weighted by atomic mass is 35.5. The summed E-state index contributed by atoms with van der Waals surface area (Å²) in [5.74, 6) is -0.638. The van der Waals surface area contributed by atoms with Gasteiger partial charge < -0.3 is 16.0 Å².